The lowest BCUT2D eigenvalue weighted by Gasteiger charge is -2.42. The average molecular weight is 419 g/mol. The SMILES string of the molecule is COc1cc2c(cc1OC)C1Cc3ccc(OC)c(OS(C)(=O)=O)c3CN1CC2. The predicted molar refractivity (Wildman–Crippen MR) is 109 cm³/mol. The van der Waals surface area contributed by atoms with Gasteiger partial charge in [0.2, 0.25) is 0 Å². The zero-order valence-corrected chi connectivity index (χ0v) is 17.8. The number of rotatable bonds is 5. The van der Waals surface area contributed by atoms with Gasteiger partial charge in [-0.3, -0.25) is 4.90 Å². The van der Waals surface area contributed by atoms with Gasteiger partial charge in [-0.2, -0.15) is 8.42 Å². The van der Waals surface area contributed by atoms with Crippen LogP contribution in [0.4, 0.5) is 0 Å². The maximum absolute atomic E-state index is 11.8. The van der Waals surface area contributed by atoms with Crippen LogP contribution >= 0.6 is 0 Å². The van der Waals surface area contributed by atoms with E-state index in [1.54, 1.807) is 20.3 Å². The van der Waals surface area contributed by atoms with Crippen molar-refractivity contribution < 1.29 is 26.8 Å². The number of hydrogen-bond acceptors (Lipinski definition) is 7. The van der Waals surface area contributed by atoms with Gasteiger partial charge in [-0.1, -0.05) is 6.07 Å². The van der Waals surface area contributed by atoms with Gasteiger partial charge in [0.05, 0.1) is 27.6 Å². The molecular formula is C21H25NO6S. The summed E-state index contributed by atoms with van der Waals surface area (Å²) in [5.41, 5.74) is 4.41. The number of fused-ring (bicyclic) bond motifs is 4. The normalized spacial score (nSPS) is 18.3. The molecule has 8 heteroatoms. The van der Waals surface area contributed by atoms with Gasteiger partial charge in [0.1, 0.15) is 0 Å². The van der Waals surface area contributed by atoms with Crippen molar-refractivity contribution in [1.82, 2.24) is 4.90 Å². The minimum atomic E-state index is -3.67. The van der Waals surface area contributed by atoms with Crippen molar-refractivity contribution in [3.63, 3.8) is 0 Å². The molecule has 2 aliphatic rings. The molecule has 0 saturated carbocycles. The van der Waals surface area contributed by atoms with Crippen LogP contribution < -0.4 is 18.4 Å². The van der Waals surface area contributed by atoms with Gasteiger partial charge >= 0.3 is 10.1 Å². The largest absolute Gasteiger partial charge is 0.493 e. The Hall–Kier alpha value is -2.45. The van der Waals surface area contributed by atoms with Gasteiger partial charge in [-0.25, -0.2) is 0 Å². The third-order valence-electron chi connectivity index (χ3n) is 5.66. The van der Waals surface area contributed by atoms with Crippen LogP contribution in [-0.2, 0) is 29.5 Å². The van der Waals surface area contributed by atoms with E-state index in [1.165, 1.54) is 18.2 Å². The summed E-state index contributed by atoms with van der Waals surface area (Å²) in [6.45, 7) is 1.46. The molecule has 2 aromatic rings. The highest BCUT2D eigenvalue weighted by molar-refractivity contribution is 7.86. The van der Waals surface area contributed by atoms with Crippen molar-refractivity contribution in [2.24, 2.45) is 0 Å². The first-order valence-electron chi connectivity index (χ1n) is 9.41. The van der Waals surface area contributed by atoms with E-state index in [0.717, 1.165) is 48.3 Å². The van der Waals surface area contributed by atoms with Gasteiger partial charge in [0.25, 0.3) is 0 Å². The Labute approximate surface area is 171 Å². The maximum Gasteiger partial charge on any atom is 0.306 e. The standard InChI is InChI=1S/C21H25NO6S/c1-25-18-6-5-13-9-17-15-11-20(27-3)19(26-2)10-14(15)7-8-22(17)12-16(13)21(18)28-29(4,23)24/h5-6,10-11,17H,7-9,12H2,1-4H3. The highest BCUT2D eigenvalue weighted by atomic mass is 32.2. The fourth-order valence-electron chi connectivity index (χ4n) is 4.33. The van der Waals surface area contributed by atoms with E-state index in [1.807, 2.05) is 6.07 Å². The van der Waals surface area contributed by atoms with E-state index in [0.29, 0.717) is 18.0 Å². The number of methoxy groups -OCH3 is 3. The van der Waals surface area contributed by atoms with Crippen molar-refractivity contribution in [3.8, 4) is 23.0 Å². The molecule has 156 valence electrons. The highest BCUT2D eigenvalue weighted by Gasteiger charge is 2.35. The van der Waals surface area contributed by atoms with E-state index in [2.05, 4.69) is 17.0 Å². The predicted octanol–water partition coefficient (Wildman–Crippen LogP) is 2.71. The zero-order valence-electron chi connectivity index (χ0n) is 17.0. The van der Waals surface area contributed by atoms with Gasteiger partial charge in [0, 0.05) is 24.7 Å². The maximum atomic E-state index is 11.8. The van der Waals surface area contributed by atoms with Crippen LogP contribution in [0.3, 0.4) is 0 Å². The fraction of sp³-hybridized carbons (Fsp3) is 0.429. The lowest BCUT2D eigenvalue weighted by molar-refractivity contribution is 0.158. The van der Waals surface area contributed by atoms with Crippen LogP contribution in [0.15, 0.2) is 24.3 Å². The van der Waals surface area contributed by atoms with Crippen LogP contribution in [0.1, 0.15) is 28.3 Å². The molecule has 7 nitrogen and oxygen atoms in total. The van der Waals surface area contributed by atoms with Crippen LogP contribution in [0.5, 0.6) is 23.0 Å². The summed E-state index contributed by atoms with van der Waals surface area (Å²) >= 11 is 0. The smallest absolute Gasteiger partial charge is 0.306 e. The quantitative estimate of drug-likeness (QED) is 0.690. The van der Waals surface area contributed by atoms with Crippen molar-refractivity contribution >= 4 is 10.1 Å². The molecule has 0 bridgehead atoms. The fourth-order valence-corrected chi connectivity index (χ4v) is 4.82. The van der Waals surface area contributed by atoms with E-state index in [9.17, 15) is 8.42 Å². The molecule has 1 atom stereocenters. The summed E-state index contributed by atoms with van der Waals surface area (Å²) in [4.78, 5) is 2.35. The molecule has 4 rings (SSSR count). The summed E-state index contributed by atoms with van der Waals surface area (Å²) in [6, 6.07) is 8.08. The number of ether oxygens (including phenoxy) is 3. The minimum absolute atomic E-state index is 0.186. The molecule has 0 N–H and O–H groups in total. The average Bonchev–Trinajstić information content (AvgIpc) is 2.70. The lowest BCUT2D eigenvalue weighted by atomic mass is 9.83. The Balaban J connectivity index is 1.77. The molecule has 1 unspecified atom stereocenters. The molecule has 0 radical (unpaired) electrons. The highest BCUT2D eigenvalue weighted by Crippen LogP contribution is 2.46. The summed E-state index contributed by atoms with van der Waals surface area (Å²) in [5, 5.41) is 0. The van der Waals surface area contributed by atoms with Crippen LogP contribution in [0, 0.1) is 0 Å². The molecule has 0 fully saturated rings. The van der Waals surface area contributed by atoms with E-state index in [4.69, 9.17) is 18.4 Å². The van der Waals surface area contributed by atoms with Crippen molar-refractivity contribution in [3.05, 3.63) is 46.5 Å². The van der Waals surface area contributed by atoms with Crippen LogP contribution in [0.25, 0.3) is 0 Å². The first-order valence-corrected chi connectivity index (χ1v) is 11.2. The molecule has 0 amide bonds. The van der Waals surface area contributed by atoms with Gasteiger partial charge in [0.15, 0.2) is 23.0 Å². The molecule has 29 heavy (non-hydrogen) atoms. The third kappa shape index (κ3) is 3.62. The number of nitrogens with zero attached hydrogens (tertiary/aromatic N) is 1. The van der Waals surface area contributed by atoms with E-state index in [-0.39, 0.29) is 6.04 Å². The Morgan fingerprint density at radius 3 is 2.31 bits per heavy atom. The zero-order chi connectivity index (χ0) is 20.8. The van der Waals surface area contributed by atoms with Crippen LogP contribution in [0.2, 0.25) is 0 Å². The first-order chi connectivity index (χ1) is 13.8. The second-order valence-electron chi connectivity index (χ2n) is 7.37. The Morgan fingerprint density at radius 1 is 0.966 bits per heavy atom. The monoisotopic (exact) mass is 419 g/mol. The molecule has 0 aliphatic carbocycles. The van der Waals surface area contributed by atoms with Crippen molar-refractivity contribution in [1.29, 1.82) is 0 Å². The Bertz CT molecular complexity index is 1050. The summed E-state index contributed by atoms with van der Waals surface area (Å²) in [5.74, 6) is 2.18. The number of hydrogen-bond donors (Lipinski definition) is 0. The topological polar surface area (TPSA) is 74.3 Å². The molecule has 2 heterocycles. The second kappa shape index (κ2) is 7.42. The minimum Gasteiger partial charge on any atom is -0.493 e. The van der Waals surface area contributed by atoms with E-state index < -0.39 is 10.1 Å². The summed E-state index contributed by atoms with van der Waals surface area (Å²) in [6.07, 6.45) is 2.68. The molecule has 2 aliphatic heterocycles. The van der Waals surface area contributed by atoms with Crippen molar-refractivity contribution in [2.75, 3.05) is 34.1 Å². The molecule has 0 saturated heterocycles. The van der Waals surface area contributed by atoms with Crippen molar-refractivity contribution in [2.45, 2.75) is 25.4 Å². The van der Waals surface area contributed by atoms with E-state index >= 15 is 0 Å². The molecular weight excluding hydrogens is 394 g/mol. The summed E-state index contributed by atoms with van der Waals surface area (Å²) in [7, 11) is 1.13. The van der Waals surface area contributed by atoms with Crippen LogP contribution in [-0.4, -0.2) is 47.4 Å². The third-order valence-corrected chi connectivity index (χ3v) is 6.13. The molecule has 0 aromatic heterocycles. The molecule has 2 aromatic carbocycles. The molecule has 0 spiro atoms. The Morgan fingerprint density at radius 2 is 1.66 bits per heavy atom. The first kappa shape index (κ1) is 19.8. The summed E-state index contributed by atoms with van der Waals surface area (Å²) < 4.78 is 45.3. The van der Waals surface area contributed by atoms with Gasteiger partial charge in [-0.05, 0) is 47.7 Å². The second-order valence-corrected chi connectivity index (χ2v) is 8.94. The number of benzene rings is 2. The van der Waals surface area contributed by atoms with Gasteiger partial charge in [-0.15, -0.1) is 0 Å². The Kier molecular flexibility index (Phi) is 5.08. The lowest BCUT2D eigenvalue weighted by Crippen LogP contribution is -2.39. The van der Waals surface area contributed by atoms with Gasteiger partial charge < -0.3 is 18.4 Å².